The highest BCUT2D eigenvalue weighted by Crippen LogP contribution is 2.24. The number of hydrogen-bond donors (Lipinski definition) is 1. The molecule has 0 aliphatic carbocycles. The van der Waals surface area contributed by atoms with E-state index in [9.17, 15) is 4.79 Å². The van der Waals surface area contributed by atoms with Crippen LogP contribution < -0.4 is 10.2 Å². The Balaban J connectivity index is 1.49. The first-order chi connectivity index (χ1) is 12.7. The van der Waals surface area contributed by atoms with Crippen molar-refractivity contribution in [2.24, 2.45) is 5.92 Å². The fraction of sp³-hybridized carbons (Fsp3) is 0.316. The smallest absolute Gasteiger partial charge is 0.230 e. The number of aryl methyl sites for hydroxylation is 1. The predicted molar refractivity (Wildman–Crippen MR) is 99.9 cm³/mol. The van der Waals surface area contributed by atoms with Crippen molar-refractivity contribution in [3.05, 3.63) is 48.4 Å². The van der Waals surface area contributed by atoms with Crippen molar-refractivity contribution in [1.82, 2.24) is 19.9 Å². The highest BCUT2D eigenvalue weighted by atomic mass is 16.2. The molecule has 132 valence electrons. The van der Waals surface area contributed by atoms with E-state index >= 15 is 0 Å². The minimum atomic E-state index is -0.0930. The van der Waals surface area contributed by atoms with Crippen LogP contribution in [-0.2, 0) is 4.79 Å². The molecule has 4 rings (SSSR count). The highest BCUT2D eigenvalue weighted by Gasteiger charge is 2.27. The van der Waals surface area contributed by atoms with Crippen molar-refractivity contribution in [2.75, 3.05) is 23.3 Å². The van der Waals surface area contributed by atoms with E-state index in [1.54, 1.807) is 18.6 Å². The summed E-state index contributed by atoms with van der Waals surface area (Å²) in [4.78, 5) is 32.2. The monoisotopic (exact) mass is 348 g/mol. The summed E-state index contributed by atoms with van der Waals surface area (Å²) >= 11 is 0. The van der Waals surface area contributed by atoms with E-state index in [4.69, 9.17) is 0 Å². The molecule has 1 aliphatic heterocycles. The molecule has 0 spiro atoms. The van der Waals surface area contributed by atoms with Crippen LogP contribution in [0.25, 0.3) is 11.2 Å². The van der Waals surface area contributed by atoms with Crippen LogP contribution in [-0.4, -0.2) is 38.9 Å². The van der Waals surface area contributed by atoms with E-state index in [-0.39, 0.29) is 11.8 Å². The third-order valence-electron chi connectivity index (χ3n) is 4.68. The molecule has 4 heterocycles. The summed E-state index contributed by atoms with van der Waals surface area (Å²) < 4.78 is 0. The van der Waals surface area contributed by atoms with Gasteiger partial charge >= 0.3 is 0 Å². The van der Waals surface area contributed by atoms with Gasteiger partial charge in [-0.1, -0.05) is 6.07 Å². The van der Waals surface area contributed by atoms with Gasteiger partial charge in [-0.15, -0.1) is 0 Å². The van der Waals surface area contributed by atoms with E-state index in [2.05, 4.69) is 30.2 Å². The highest BCUT2D eigenvalue weighted by molar-refractivity contribution is 5.92. The van der Waals surface area contributed by atoms with Gasteiger partial charge in [0.1, 0.15) is 17.2 Å². The number of nitrogens with one attached hydrogen (secondary N) is 1. The first kappa shape index (κ1) is 16.4. The Morgan fingerprint density at radius 1 is 1.15 bits per heavy atom. The van der Waals surface area contributed by atoms with Crippen molar-refractivity contribution >= 4 is 28.7 Å². The lowest BCUT2D eigenvalue weighted by Crippen LogP contribution is -2.41. The summed E-state index contributed by atoms with van der Waals surface area (Å²) in [7, 11) is 0. The SMILES string of the molecule is Cc1cccnc1NC(=O)C1CCCN(c2ccc3nccnc3n2)C1. The summed E-state index contributed by atoms with van der Waals surface area (Å²) in [5.74, 6) is 1.39. The second kappa shape index (κ2) is 7.03. The van der Waals surface area contributed by atoms with Gasteiger partial charge in [0.05, 0.1) is 5.92 Å². The van der Waals surface area contributed by atoms with Crippen LogP contribution in [0, 0.1) is 12.8 Å². The van der Waals surface area contributed by atoms with Crippen molar-refractivity contribution in [1.29, 1.82) is 0 Å². The Kier molecular flexibility index (Phi) is 4.43. The number of rotatable bonds is 3. The Morgan fingerprint density at radius 2 is 2.04 bits per heavy atom. The maximum Gasteiger partial charge on any atom is 0.230 e. The van der Waals surface area contributed by atoms with Gasteiger partial charge in [-0.05, 0) is 43.5 Å². The Bertz CT molecular complexity index is 944. The molecule has 0 radical (unpaired) electrons. The van der Waals surface area contributed by atoms with Gasteiger partial charge in [-0.2, -0.15) is 0 Å². The van der Waals surface area contributed by atoms with E-state index < -0.39 is 0 Å². The van der Waals surface area contributed by atoms with E-state index in [1.165, 1.54) is 0 Å². The average Bonchev–Trinajstić information content (AvgIpc) is 2.69. The lowest BCUT2D eigenvalue weighted by molar-refractivity contribution is -0.120. The largest absolute Gasteiger partial charge is 0.356 e. The topological polar surface area (TPSA) is 83.9 Å². The number of pyridine rings is 2. The van der Waals surface area contributed by atoms with Gasteiger partial charge in [-0.25, -0.2) is 15.0 Å². The Labute approximate surface area is 151 Å². The van der Waals surface area contributed by atoms with Crippen molar-refractivity contribution in [2.45, 2.75) is 19.8 Å². The fourth-order valence-corrected chi connectivity index (χ4v) is 3.26. The van der Waals surface area contributed by atoms with Crippen LogP contribution in [0.3, 0.4) is 0 Å². The number of fused-ring (bicyclic) bond motifs is 1. The maximum atomic E-state index is 12.7. The molecule has 1 aliphatic rings. The second-order valence-electron chi connectivity index (χ2n) is 6.51. The fourth-order valence-electron chi connectivity index (χ4n) is 3.26. The van der Waals surface area contributed by atoms with Crippen LogP contribution in [0.2, 0.25) is 0 Å². The lowest BCUT2D eigenvalue weighted by atomic mass is 9.97. The number of carbonyl (C=O) groups is 1. The molecular formula is C19H20N6O. The van der Waals surface area contributed by atoms with Gasteiger partial charge in [-0.3, -0.25) is 9.78 Å². The van der Waals surface area contributed by atoms with Crippen LogP contribution in [0.15, 0.2) is 42.9 Å². The molecule has 7 heteroatoms. The molecular weight excluding hydrogens is 328 g/mol. The van der Waals surface area contributed by atoms with Gasteiger partial charge < -0.3 is 10.2 Å². The van der Waals surface area contributed by atoms with Gasteiger partial charge in [0.25, 0.3) is 0 Å². The van der Waals surface area contributed by atoms with Crippen LogP contribution in [0.1, 0.15) is 18.4 Å². The molecule has 0 bridgehead atoms. The number of amides is 1. The summed E-state index contributed by atoms with van der Waals surface area (Å²) in [6.45, 7) is 3.46. The van der Waals surface area contributed by atoms with Gasteiger partial charge in [0.2, 0.25) is 5.91 Å². The van der Waals surface area contributed by atoms with E-state index in [0.717, 1.165) is 36.3 Å². The van der Waals surface area contributed by atoms with Crippen LogP contribution >= 0.6 is 0 Å². The predicted octanol–water partition coefficient (Wildman–Crippen LogP) is 2.58. The third-order valence-corrected chi connectivity index (χ3v) is 4.68. The molecule has 1 fully saturated rings. The Morgan fingerprint density at radius 3 is 2.92 bits per heavy atom. The number of anilines is 2. The average molecular weight is 348 g/mol. The van der Waals surface area contributed by atoms with Gasteiger partial charge in [0.15, 0.2) is 5.65 Å². The molecule has 1 N–H and O–H groups in total. The number of nitrogens with zero attached hydrogens (tertiary/aromatic N) is 5. The molecule has 1 atom stereocenters. The number of aromatic nitrogens is 4. The summed E-state index contributed by atoms with van der Waals surface area (Å²) in [6, 6.07) is 7.67. The Hall–Kier alpha value is -3.09. The van der Waals surface area contributed by atoms with E-state index in [1.807, 2.05) is 31.2 Å². The van der Waals surface area contributed by atoms with Gasteiger partial charge in [0, 0.05) is 31.7 Å². The number of hydrogen-bond acceptors (Lipinski definition) is 6. The zero-order valence-corrected chi connectivity index (χ0v) is 14.6. The van der Waals surface area contributed by atoms with Crippen LogP contribution in [0.5, 0.6) is 0 Å². The molecule has 7 nitrogen and oxygen atoms in total. The second-order valence-corrected chi connectivity index (χ2v) is 6.51. The summed E-state index contributed by atoms with van der Waals surface area (Å²) in [5.41, 5.74) is 2.36. The minimum absolute atomic E-state index is 0.0112. The van der Waals surface area contributed by atoms with Crippen molar-refractivity contribution in [3.8, 4) is 0 Å². The molecule has 1 saturated heterocycles. The van der Waals surface area contributed by atoms with Crippen molar-refractivity contribution < 1.29 is 4.79 Å². The normalized spacial score (nSPS) is 17.3. The molecule has 26 heavy (non-hydrogen) atoms. The molecule has 3 aromatic heterocycles. The lowest BCUT2D eigenvalue weighted by Gasteiger charge is -2.32. The molecule has 1 unspecified atom stereocenters. The molecule has 0 saturated carbocycles. The molecule has 3 aromatic rings. The van der Waals surface area contributed by atoms with E-state index in [0.29, 0.717) is 18.0 Å². The quantitative estimate of drug-likeness (QED) is 0.783. The zero-order chi connectivity index (χ0) is 17.9. The first-order valence-electron chi connectivity index (χ1n) is 8.76. The summed E-state index contributed by atoms with van der Waals surface area (Å²) in [5, 5.41) is 2.96. The molecule has 1 amide bonds. The van der Waals surface area contributed by atoms with Crippen molar-refractivity contribution in [3.63, 3.8) is 0 Å². The number of carbonyl (C=O) groups excluding carboxylic acids is 1. The summed E-state index contributed by atoms with van der Waals surface area (Å²) in [6.07, 6.45) is 6.79. The standard InChI is InChI=1S/C19H20N6O/c1-13-4-2-8-21-17(13)24-19(26)14-5-3-11-25(12-14)16-7-6-15-18(23-16)22-10-9-20-15/h2,4,6-10,14H,3,5,11-12H2,1H3,(H,21,24,26). The first-order valence-corrected chi connectivity index (χ1v) is 8.76. The molecule has 0 aromatic carbocycles. The number of piperidine rings is 1. The third kappa shape index (κ3) is 3.33. The van der Waals surface area contributed by atoms with Crippen LogP contribution in [0.4, 0.5) is 11.6 Å². The maximum absolute atomic E-state index is 12.7. The zero-order valence-electron chi connectivity index (χ0n) is 14.6. The minimum Gasteiger partial charge on any atom is -0.356 e.